The van der Waals surface area contributed by atoms with Gasteiger partial charge in [0.25, 0.3) is 0 Å². The van der Waals surface area contributed by atoms with E-state index < -0.39 is 11.8 Å². The van der Waals surface area contributed by atoms with Crippen LogP contribution in [-0.2, 0) is 6.61 Å². The molecule has 7 heteroatoms. The van der Waals surface area contributed by atoms with Crippen LogP contribution in [-0.4, -0.2) is 33.1 Å². The van der Waals surface area contributed by atoms with E-state index in [9.17, 15) is 14.7 Å². The molecule has 0 aliphatic rings. The smallest absolute Gasteiger partial charge is 0.337 e. The van der Waals surface area contributed by atoms with Crippen LogP contribution in [0.5, 0.6) is 5.75 Å². The quantitative estimate of drug-likeness (QED) is 0.691. The van der Waals surface area contributed by atoms with Crippen LogP contribution >= 0.6 is 0 Å². The number of ether oxygens (including phenoxy) is 1. The first-order valence-corrected chi connectivity index (χ1v) is 7.26. The summed E-state index contributed by atoms with van der Waals surface area (Å²) in [6.07, 6.45) is 0.982. The Kier molecular flexibility index (Phi) is 5.15. The Labute approximate surface area is 138 Å². The van der Waals surface area contributed by atoms with E-state index >= 15 is 0 Å². The molecule has 0 unspecified atom stereocenters. The van der Waals surface area contributed by atoms with Crippen molar-refractivity contribution >= 4 is 17.6 Å². The van der Waals surface area contributed by atoms with Crippen LogP contribution in [0.4, 0.5) is 5.82 Å². The third kappa shape index (κ3) is 3.88. The second kappa shape index (κ2) is 7.10. The number of pyridine rings is 1. The average molecular weight is 330 g/mol. The van der Waals surface area contributed by atoms with E-state index in [0.29, 0.717) is 11.3 Å². The second-order valence-corrected chi connectivity index (χ2v) is 5.48. The number of ketones is 1. The summed E-state index contributed by atoms with van der Waals surface area (Å²) >= 11 is 0. The fourth-order valence-electron chi connectivity index (χ4n) is 2.15. The molecule has 0 fully saturated rings. The number of nitrogens with two attached hydrogens (primary N) is 1. The molecular weight excluding hydrogens is 312 g/mol. The minimum atomic E-state index is -1.20. The zero-order valence-electron chi connectivity index (χ0n) is 13.3. The summed E-state index contributed by atoms with van der Waals surface area (Å²) in [4.78, 5) is 27.5. The number of anilines is 1. The molecule has 4 N–H and O–H groups in total. The minimum Gasteiger partial charge on any atom is -0.491 e. The van der Waals surface area contributed by atoms with Crippen LogP contribution in [0.2, 0.25) is 0 Å². The van der Waals surface area contributed by atoms with Gasteiger partial charge in [0.1, 0.15) is 11.6 Å². The molecule has 0 spiro atoms. The van der Waals surface area contributed by atoms with Crippen molar-refractivity contribution in [2.75, 3.05) is 5.73 Å². The van der Waals surface area contributed by atoms with Gasteiger partial charge in [-0.15, -0.1) is 0 Å². The molecule has 0 radical (unpaired) electrons. The number of carbonyl (C=O) groups is 2. The van der Waals surface area contributed by atoms with Gasteiger partial charge in [-0.1, -0.05) is 0 Å². The molecule has 0 saturated heterocycles. The highest BCUT2D eigenvalue weighted by Crippen LogP contribution is 2.23. The molecule has 1 aromatic heterocycles. The molecule has 1 aromatic carbocycles. The summed E-state index contributed by atoms with van der Waals surface area (Å²) in [6.45, 7) is 3.41. The molecule has 0 saturated carbocycles. The summed E-state index contributed by atoms with van der Waals surface area (Å²) in [5.41, 5.74) is 6.29. The molecule has 24 heavy (non-hydrogen) atoms. The maximum Gasteiger partial charge on any atom is 0.337 e. The van der Waals surface area contributed by atoms with Gasteiger partial charge in [-0.05, 0) is 43.7 Å². The number of nitrogen functional groups attached to an aromatic ring is 1. The highest BCUT2D eigenvalue weighted by Gasteiger charge is 2.18. The lowest BCUT2D eigenvalue weighted by Crippen LogP contribution is -2.11. The van der Waals surface area contributed by atoms with Crippen LogP contribution in [0, 0.1) is 0 Å². The highest BCUT2D eigenvalue weighted by molar-refractivity contribution is 6.12. The molecule has 2 aromatic rings. The molecule has 2 rings (SSSR count). The number of nitrogens with zero attached hydrogens (tertiary/aromatic N) is 1. The average Bonchev–Trinajstić information content (AvgIpc) is 2.53. The predicted molar refractivity (Wildman–Crippen MR) is 87.2 cm³/mol. The van der Waals surface area contributed by atoms with Crippen molar-refractivity contribution in [3.8, 4) is 5.75 Å². The fraction of sp³-hybridized carbons (Fsp3) is 0.235. The van der Waals surface area contributed by atoms with Gasteiger partial charge in [0, 0.05) is 11.8 Å². The number of aromatic nitrogens is 1. The van der Waals surface area contributed by atoms with Crippen LogP contribution < -0.4 is 10.5 Å². The molecule has 126 valence electrons. The van der Waals surface area contributed by atoms with E-state index in [0.717, 1.165) is 6.20 Å². The topological polar surface area (TPSA) is 123 Å². The Morgan fingerprint density at radius 1 is 1.21 bits per heavy atom. The summed E-state index contributed by atoms with van der Waals surface area (Å²) in [5.74, 6) is -1.33. The van der Waals surface area contributed by atoms with E-state index in [1.54, 1.807) is 6.07 Å². The molecule has 0 amide bonds. The van der Waals surface area contributed by atoms with Gasteiger partial charge >= 0.3 is 5.97 Å². The van der Waals surface area contributed by atoms with Crippen LogP contribution in [0.1, 0.15) is 45.7 Å². The first kappa shape index (κ1) is 17.4. The van der Waals surface area contributed by atoms with Crippen LogP contribution in [0.25, 0.3) is 0 Å². The Balaban J connectivity index is 2.49. The predicted octanol–water partition coefficient (Wildman–Crippen LogP) is 1.87. The summed E-state index contributed by atoms with van der Waals surface area (Å²) in [6, 6.07) is 5.84. The van der Waals surface area contributed by atoms with Crippen molar-refractivity contribution in [3.63, 3.8) is 0 Å². The standard InChI is InChI=1S/C17H18N2O5/c1-9(2)24-13-4-10(8-20)3-11(5-13)15(21)14-6-12(17(22)23)7-19-16(14)18/h3-7,9,20H,8H2,1-2H3,(H2,18,19)(H,22,23). The maximum atomic E-state index is 12.7. The number of carbonyl (C=O) groups excluding carboxylic acids is 1. The second-order valence-electron chi connectivity index (χ2n) is 5.48. The molecule has 1 heterocycles. The Bertz CT molecular complexity index is 787. The Morgan fingerprint density at radius 2 is 1.92 bits per heavy atom. The third-order valence-electron chi connectivity index (χ3n) is 3.19. The van der Waals surface area contributed by atoms with Crippen molar-refractivity contribution in [2.45, 2.75) is 26.6 Å². The number of benzene rings is 1. The number of hydrogen-bond donors (Lipinski definition) is 3. The SMILES string of the molecule is CC(C)Oc1cc(CO)cc(C(=O)c2cc(C(=O)O)cnc2N)c1. The Morgan fingerprint density at radius 3 is 2.50 bits per heavy atom. The molecule has 0 aliphatic carbocycles. The van der Waals surface area contributed by atoms with Crippen molar-refractivity contribution < 1.29 is 24.5 Å². The lowest BCUT2D eigenvalue weighted by atomic mass is 10.0. The Hall–Kier alpha value is -2.93. The highest BCUT2D eigenvalue weighted by atomic mass is 16.5. The molecular formula is C17H18N2O5. The van der Waals surface area contributed by atoms with E-state index in [-0.39, 0.29) is 35.2 Å². The van der Waals surface area contributed by atoms with Gasteiger partial charge in [0.2, 0.25) is 0 Å². The lowest BCUT2D eigenvalue weighted by Gasteiger charge is -2.13. The number of aliphatic hydroxyl groups is 1. The first-order valence-electron chi connectivity index (χ1n) is 7.26. The summed E-state index contributed by atoms with van der Waals surface area (Å²) in [5, 5.41) is 18.4. The van der Waals surface area contributed by atoms with Gasteiger partial charge in [-0.2, -0.15) is 0 Å². The van der Waals surface area contributed by atoms with Gasteiger partial charge < -0.3 is 20.7 Å². The number of carboxylic acid groups (broad SMARTS) is 1. The van der Waals surface area contributed by atoms with E-state index in [2.05, 4.69) is 4.98 Å². The monoisotopic (exact) mass is 330 g/mol. The molecule has 0 atom stereocenters. The van der Waals surface area contributed by atoms with Crippen LogP contribution in [0.3, 0.4) is 0 Å². The summed E-state index contributed by atoms with van der Waals surface area (Å²) in [7, 11) is 0. The normalized spacial score (nSPS) is 10.7. The number of aliphatic hydroxyl groups excluding tert-OH is 1. The largest absolute Gasteiger partial charge is 0.491 e. The molecule has 0 aliphatic heterocycles. The minimum absolute atomic E-state index is 0.0134. The molecule has 0 bridgehead atoms. The van der Waals surface area contributed by atoms with E-state index in [1.165, 1.54) is 18.2 Å². The van der Waals surface area contributed by atoms with Crippen LogP contribution in [0.15, 0.2) is 30.5 Å². The van der Waals surface area contributed by atoms with E-state index in [4.69, 9.17) is 15.6 Å². The number of hydrogen-bond acceptors (Lipinski definition) is 6. The van der Waals surface area contributed by atoms with E-state index in [1.807, 2.05) is 13.8 Å². The zero-order valence-corrected chi connectivity index (χ0v) is 13.3. The molecule has 7 nitrogen and oxygen atoms in total. The number of aromatic carboxylic acids is 1. The van der Waals surface area contributed by atoms with Crippen molar-refractivity contribution in [1.82, 2.24) is 4.98 Å². The van der Waals surface area contributed by atoms with Crippen molar-refractivity contribution in [1.29, 1.82) is 0 Å². The van der Waals surface area contributed by atoms with Crippen molar-refractivity contribution in [3.05, 3.63) is 52.7 Å². The van der Waals surface area contributed by atoms with Gasteiger partial charge in [-0.25, -0.2) is 9.78 Å². The third-order valence-corrected chi connectivity index (χ3v) is 3.19. The maximum absolute atomic E-state index is 12.7. The lowest BCUT2D eigenvalue weighted by molar-refractivity contribution is 0.0696. The fourth-order valence-corrected chi connectivity index (χ4v) is 2.15. The zero-order chi connectivity index (χ0) is 17.9. The van der Waals surface area contributed by atoms with Gasteiger partial charge in [0.15, 0.2) is 5.78 Å². The van der Waals surface area contributed by atoms with Crippen molar-refractivity contribution in [2.24, 2.45) is 0 Å². The van der Waals surface area contributed by atoms with Gasteiger partial charge in [0.05, 0.1) is 23.8 Å². The van der Waals surface area contributed by atoms with Gasteiger partial charge in [-0.3, -0.25) is 4.79 Å². The summed E-state index contributed by atoms with van der Waals surface area (Å²) < 4.78 is 5.57. The number of rotatable bonds is 6. The first-order chi connectivity index (χ1) is 11.3. The number of carboxylic acids is 1.